The van der Waals surface area contributed by atoms with Crippen molar-refractivity contribution in [1.29, 1.82) is 0 Å². The molecule has 1 N–H and O–H groups in total. The van der Waals surface area contributed by atoms with Gasteiger partial charge in [0.05, 0.1) is 19.1 Å². The zero-order valence-corrected chi connectivity index (χ0v) is 13.6. The lowest BCUT2D eigenvalue weighted by Crippen LogP contribution is -2.32. The molecule has 0 fully saturated rings. The molecule has 1 aromatic carbocycles. The van der Waals surface area contributed by atoms with Gasteiger partial charge in [-0.1, -0.05) is 18.2 Å². The number of nitrogens with one attached hydrogen (secondary N) is 1. The Morgan fingerprint density at radius 1 is 1.42 bits per heavy atom. The van der Waals surface area contributed by atoms with Gasteiger partial charge >= 0.3 is 5.97 Å². The molecule has 1 aromatic heterocycles. The summed E-state index contributed by atoms with van der Waals surface area (Å²) >= 11 is 0. The van der Waals surface area contributed by atoms with E-state index in [0.717, 1.165) is 17.1 Å². The fraction of sp³-hybridized carbons (Fsp3) is 0.235. The number of hydrogen-bond donors (Lipinski definition) is 1. The number of fused-ring (bicyclic) bond motifs is 1. The highest BCUT2D eigenvalue weighted by atomic mass is 16.5. The minimum absolute atomic E-state index is 0.298. The van der Waals surface area contributed by atoms with Crippen molar-refractivity contribution in [2.45, 2.75) is 13.2 Å². The first-order chi connectivity index (χ1) is 11.7. The van der Waals surface area contributed by atoms with Crippen LogP contribution < -0.4 is 10.2 Å². The number of anilines is 2. The summed E-state index contributed by atoms with van der Waals surface area (Å²) in [5.74, 6) is 0.401. The first-order valence-corrected chi connectivity index (χ1v) is 7.69. The maximum atomic E-state index is 11.5. The number of carbonyl (C=O) groups excluding carboxylic acids is 1. The van der Waals surface area contributed by atoms with Crippen LogP contribution in [0.1, 0.15) is 18.8 Å². The van der Waals surface area contributed by atoms with Crippen LogP contribution >= 0.6 is 0 Å². The fourth-order valence-corrected chi connectivity index (χ4v) is 2.46. The smallest absolute Gasteiger partial charge is 0.330 e. The van der Waals surface area contributed by atoms with Gasteiger partial charge in [0.1, 0.15) is 5.82 Å². The average molecular weight is 325 g/mol. The average Bonchev–Trinajstić information content (AvgIpc) is 3.03. The predicted octanol–water partition coefficient (Wildman–Crippen LogP) is 2.51. The molecule has 2 heterocycles. The SMILES string of the molecule is CCOC(=O)/C=C/c1cnn2c1NC=NC2N(C)c1ccccc1. The molecule has 1 aliphatic heterocycles. The Labute approximate surface area is 140 Å². The van der Waals surface area contributed by atoms with E-state index in [-0.39, 0.29) is 12.3 Å². The summed E-state index contributed by atoms with van der Waals surface area (Å²) in [6.07, 6.45) is 6.11. The van der Waals surface area contributed by atoms with E-state index < -0.39 is 0 Å². The molecule has 2 aromatic rings. The molecule has 0 saturated carbocycles. The number of rotatable bonds is 5. The largest absolute Gasteiger partial charge is 0.463 e. The molecule has 0 aliphatic carbocycles. The second-order valence-electron chi connectivity index (χ2n) is 5.19. The zero-order valence-electron chi connectivity index (χ0n) is 13.6. The number of para-hydroxylation sites is 1. The van der Waals surface area contributed by atoms with Crippen molar-refractivity contribution >= 4 is 29.9 Å². The fourth-order valence-electron chi connectivity index (χ4n) is 2.46. The van der Waals surface area contributed by atoms with Crippen LogP contribution in [0.15, 0.2) is 47.6 Å². The Bertz CT molecular complexity index is 767. The van der Waals surface area contributed by atoms with Crippen molar-refractivity contribution < 1.29 is 9.53 Å². The Morgan fingerprint density at radius 3 is 2.96 bits per heavy atom. The van der Waals surface area contributed by atoms with E-state index in [2.05, 4.69) is 15.4 Å². The van der Waals surface area contributed by atoms with Gasteiger partial charge in [0.2, 0.25) is 6.29 Å². The highest BCUT2D eigenvalue weighted by Crippen LogP contribution is 2.29. The molecule has 124 valence electrons. The summed E-state index contributed by atoms with van der Waals surface area (Å²) in [7, 11) is 1.96. The summed E-state index contributed by atoms with van der Waals surface area (Å²) in [5, 5.41) is 7.49. The van der Waals surface area contributed by atoms with Crippen molar-refractivity contribution in [3.63, 3.8) is 0 Å². The number of carbonyl (C=O) groups is 1. The van der Waals surface area contributed by atoms with Crippen molar-refractivity contribution in [1.82, 2.24) is 9.78 Å². The predicted molar refractivity (Wildman–Crippen MR) is 93.9 cm³/mol. The standard InChI is InChI=1S/C17H19N5O2/c1-3-24-15(23)10-9-13-11-20-22-16(13)18-12-19-17(22)21(2)14-7-5-4-6-8-14/h4-12,17H,3H2,1-2H3,(H,18,19)/b10-9+. The first-order valence-electron chi connectivity index (χ1n) is 7.69. The number of nitrogens with zero attached hydrogens (tertiary/aromatic N) is 4. The minimum Gasteiger partial charge on any atom is -0.463 e. The van der Waals surface area contributed by atoms with E-state index >= 15 is 0 Å². The third-order valence-electron chi connectivity index (χ3n) is 3.65. The van der Waals surface area contributed by atoms with Crippen LogP contribution in [-0.4, -0.2) is 35.7 Å². The van der Waals surface area contributed by atoms with Gasteiger partial charge in [0.15, 0.2) is 0 Å². The number of hydrogen-bond acceptors (Lipinski definition) is 6. The van der Waals surface area contributed by atoms with Crippen LogP contribution in [0, 0.1) is 0 Å². The molecule has 24 heavy (non-hydrogen) atoms. The van der Waals surface area contributed by atoms with E-state index in [1.807, 2.05) is 42.3 Å². The maximum absolute atomic E-state index is 11.5. The number of esters is 1. The van der Waals surface area contributed by atoms with Crippen molar-refractivity contribution in [3.05, 3.63) is 48.2 Å². The summed E-state index contributed by atoms with van der Waals surface area (Å²) < 4.78 is 6.67. The van der Waals surface area contributed by atoms with Crippen LogP contribution in [0.2, 0.25) is 0 Å². The second-order valence-corrected chi connectivity index (χ2v) is 5.19. The molecule has 0 spiro atoms. The van der Waals surface area contributed by atoms with Gasteiger partial charge in [-0.05, 0) is 25.1 Å². The van der Waals surface area contributed by atoms with E-state index in [4.69, 9.17) is 4.74 Å². The molecule has 7 heteroatoms. The molecule has 1 atom stereocenters. The van der Waals surface area contributed by atoms with Crippen molar-refractivity contribution in [2.24, 2.45) is 4.99 Å². The monoisotopic (exact) mass is 325 g/mol. The summed E-state index contributed by atoms with van der Waals surface area (Å²) in [6.45, 7) is 2.12. The molecule has 0 saturated heterocycles. The van der Waals surface area contributed by atoms with Gasteiger partial charge in [0, 0.05) is 24.4 Å². The van der Waals surface area contributed by atoms with Crippen LogP contribution in [0.3, 0.4) is 0 Å². The Balaban J connectivity index is 1.84. The molecular formula is C17H19N5O2. The lowest BCUT2D eigenvalue weighted by atomic mass is 10.3. The summed E-state index contributed by atoms with van der Waals surface area (Å²) in [4.78, 5) is 18.0. The number of benzene rings is 1. The summed E-state index contributed by atoms with van der Waals surface area (Å²) in [5.41, 5.74) is 1.83. The highest BCUT2D eigenvalue weighted by molar-refractivity contribution is 5.89. The lowest BCUT2D eigenvalue weighted by molar-refractivity contribution is -0.137. The molecule has 1 unspecified atom stereocenters. The molecule has 3 rings (SSSR count). The molecule has 7 nitrogen and oxygen atoms in total. The van der Waals surface area contributed by atoms with Crippen LogP contribution in [0.25, 0.3) is 6.08 Å². The van der Waals surface area contributed by atoms with Crippen molar-refractivity contribution in [3.8, 4) is 0 Å². The second kappa shape index (κ2) is 6.99. The number of aromatic nitrogens is 2. The zero-order chi connectivity index (χ0) is 16.9. The normalized spacial score (nSPS) is 15.8. The van der Waals surface area contributed by atoms with E-state index in [0.29, 0.717) is 6.61 Å². The third kappa shape index (κ3) is 3.15. The van der Waals surface area contributed by atoms with Gasteiger partial charge in [-0.25, -0.2) is 14.5 Å². The van der Waals surface area contributed by atoms with Crippen LogP contribution in [0.5, 0.6) is 0 Å². The molecule has 0 amide bonds. The van der Waals surface area contributed by atoms with E-state index in [9.17, 15) is 4.79 Å². The quantitative estimate of drug-likeness (QED) is 0.675. The van der Waals surface area contributed by atoms with E-state index in [1.165, 1.54) is 6.08 Å². The van der Waals surface area contributed by atoms with Gasteiger partial charge in [-0.3, -0.25) is 0 Å². The third-order valence-corrected chi connectivity index (χ3v) is 3.65. The Morgan fingerprint density at radius 2 is 2.21 bits per heavy atom. The number of ether oxygens (including phenoxy) is 1. The van der Waals surface area contributed by atoms with Crippen LogP contribution in [-0.2, 0) is 9.53 Å². The number of aliphatic imine (C=N–C) groups is 1. The minimum atomic E-state index is -0.375. The Kier molecular flexibility index (Phi) is 4.60. The lowest BCUT2D eigenvalue weighted by Gasteiger charge is -2.30. The highest BCUT2D eigenvalue weighted by Gasteiger charge is 2.23. The maximum Gasteiger partial charge on any atom is 0.330 e. The molecule has 1 aliphatic rings. The Hall–Kier alpha value is -3.09. The molecule has 0 bridgehead atoms. The van der Waals surface area contributed by atoms with Crippen LogP contribution in [0.4, 0.5) is 11.5 Å². The van der Waals surface area contributed by atoms with Gasteiger partial charge in [-0.2, -0.15) is 5.10 Å². The van der Waals surface area contributed by atoms with E-state index in [1.54, 1.807) is 30.2 Å². The summed E-state index contributed by atoms with van der Waals surface area (Å²) in [6, 6.07) is 9.97. The topological polar surface area (TPSA) is 71.7 Å². The van der Waals surface area contributed by atoms with Gasteiger partial charge in [-0.15, -0.1) is 0 Å². The molecule has 0 radical (unpaired) electrons. The molecular weight excluding hydrogens is 306 g/mol. The van der Waals surface area contributed by atoms with Gasteiger partial charge in [0.25, 0.3) is 0 Å². The van der Waals surface area contributed by atoms with Gasteiger partial charge < -0.3 is 15.0 Å². The first kappa shape index (κ1) is 15.8. The van der Waals surface area contributed by atoms with Crippen molar-refractivity contribution in [2.75, 3.05) is 23.9 Å².